The predicted molar refractivity (Wildman–Crippen MR) is 113 cm³/mol. The largest absolute Gasteiger partial charge is 0.461 e. The van der Waals surface area contributed by atoms with Crippen LogP contribution in [0.1, 0.15) is 49.3 Å². The predicted octanol–water partition coefficient (Wildman–Crippen LogP) is 4.04. The molecule has 1 N–H and O–H groups in total. The zero-order chi connectivity index (χ0) is 21.6. The third-order valence-corrected chi connectivity index (χ3v) is 5.64. The van der Waals surface area contributed by atoms with Gasteiger partial charge in [0, 0.05) is 13.1 Å². The highest BCUT2D eigenvalue weighted by atomic mass is 19.1. The van der Waals surface area contributed by atoms with Gasteiger partial charge in [0.15, 0.2) is 0 Å². The highest BCUT2D eigenvalue weighted by molar-refractivity contribution is 5.92. The summed E-state index contributed by atoms with van der Waals surface area (Å²) in [5.74, 6) is -1.13. The molecule has 1 heterocycles. The van der Waals surface area contributed by atoms with E-state index in [9.17, 15) is 14.0 Å². The molecule has 1 amide bonds. The zero-order valence-corrected chi connectivity index (χ0v) is 17.6. The molecule has 3 rings (SSSR count). The molecule has 0 spiro atoms. The third-order valence-electron chi connectivity index (χ3n) is 5.64. The summed E-state index contributed by atoms with van der Waals surface area (Å²) in [5, 5.41) is 1.90. The Morgan fingerprint density at radius 3 is 2.47 bits per heavy atom. The van der Waals surface area contributed by atoms with E-state index in [-0.39, 0.29) is 24.8 Å². The molecular formula is C24H29FN2O3. The van der Waals surface area contributed by atoms with E-state index in [1.165, 1.54) is 12.1 Å². The quantitative estimate of drug-likeness (QED) is 0.698. The summed E-state index contributed by atoms with van der Waals surface area (Å²) in [6.07, 6.45) is 3.05. The lowest BCUT2D eigenvalue weighted by Gasteiger charge is -2.34. The minimum Gasteiger partial charge on any atom is -0.461 e. The average Bonchev–Trinajstić information content (AvgIpc) is 2.73. The first-order valence-corrected chi connectivity index (χ1v) is 10.4. The van der Waals surface area contributed by atoms with Gasteiger partial charge >= 0.3 is 5.97 Å². The van der Waals surface area contributed by atoms with Crippen molar-refractivity contribution < 1.29 is 18.7 Å². The number of hydrazine groups is 1. The molecule has 1 aliphatic heterocycles. The summed E-state index contributed by atoms with van der Waals surface area (Å²) in [5.41, 5.74) is 3.92. The number of nitrogens with zero attached hydrogens (tertiary/aromatic N) is 1. The molecule has 2 aromatic carbocycles. The first-order chi connectivity index (χ1) is 14.4. The molecule has 30 heavy (non-hydrogen) atoms. The highest BCUT2D eigenvalue weighted by Crippen LogP contribution is 2.32. The van der Waals surface area contributed by atoms with Crippen LogP contribution in [0, 0.1) is 12.7 Å². The minimum atomic E-state index is -1.18. The van der Waals surface area contributed by atoms with Crippen molar-refractivity contribution in [2.24, 2.45) is 0 Å². The molecule has 0 aliphatic carbocycles. The van der Waals surface area contributed by atoms with E-state index in [1.807, 2.05) is 35.3 Å². The Kier molecular flexibility index (Phi) is 7.21. The maximum absolute atomic E-state index is 13.7. The lowest BCUT2D eigenvalue weighted by atomic mass is 9.76. The number of aryl methyl sites for hydroxylation is 1. The maximum Gasteiger partial charge on any atom is 0.307 e. The van der Waals surface area contributed by atoms with E-state index in [2.05, 4.69) is 5.43 Å². The standard InChI is InChI=1S/C24H29FN2O3/c1-18-15-20(25)11-12-21(18)24(2,23(29)26-27-13-7-4-8-14-27)16-22(28)30-17-19-9-5-3-6-10-19/h3,5-6,9-12,15H,4,7-8,13-14,16-17H2,1-2H3,(H,26,29). The van der Waals surface area contributed by atoms with E-state index in [4.69, 9.17) is 4.74 Å². The molecule has 0 saturated carbocycles. The SMILES string of the molecule is Cc1cc(F)ccc1C(C)(CC(=O)OCc1ccccc1)C(=O)NN1CCCCC1. The normalized spacial score (nSPS) is 16.5. The lowest BCUT2D eigenvalue weighted by molar-refractivity contribution is -0.149. The summed E-state index contributed by atoms with van der Waals surface area (Å²) < 4.78 is 19.1. The van der Waals surface area contributed by atoms with Gasteiger partial charge in [0.1, 0.15) is 12.4 Å². The van der Waals surface area contributed by atoms with Crippen LogP contribution in [-0.4, -0.2) is 30.0 Å². The van der Waals surface area contributed by atoms with E-state index >= 15 is 0 Å². The number of hydrogen-bond donors (Lipinski definition) is 1. The molecule has 0 radical (unpaired) electrons. The van der Waals surface area contributed by atoms with Crippen LogP contribution in [0.4, 0.5) is 4.39 Å². The number of halogens is 1. The minimum absolute atomic E-state index is 0.133. The van der Waals surface area contributed by atoms with Gasteiger partial charge in [-0.05, 0) is 55.5 Å². The van der Waals surface area contributed by atoms with Gasteiger partial charge in [0.05, 0.1) is 11.8 Å². The van der Waals surface area contributed by atoms with Crippen LogP contribution < -0.4 is 5.43 Å². The van der Waals surface area contributed by atoms with Crippen molar-refractivity contribution in [2.45, 2.75) is 51.6 Å². The topological polar surface area (TPSA) is 58.6 Å². The van der Waals surface area contributed by atoms with Crippen molar-refractivity contribution in [3.05, 3.63) is 71.0 Å². The molecule has 0 bridgehead atoms. The Morgan fingerprint density at radius 2 is 1.80 bits per heavy atom. The van der Waals surface area contributed by atoms with E-state index in [0.29, 0.717) is 11.1 Å². The van der Waals surface area contributed by atoms with Crippen LogP contribution in [0.5, 0.6) is 0 Å². The van der Waals surface area contributed by atoms with E-state index in [1.54, 1.807) is 19.9 Å². The first-order valence-electron chi connectivity index (χ1n) is 10.4. The highest BCUT2D eigenvalue weighted by Gasteiger charge is 2.40. The Morgan fingerprint density at radius 1 is 1.10 bits per heavy atom. The van der Waals surface area contributed by atoms with Crippen LogP contribution in [0.15, 0.2) is 48.5 Å². The smallest absolute Gasteiger partial charge is 0.307 e. The van der Waals surface area contributed by atoms with Gasteiger partial charge in [-0.2, -0.15) is 0 Å². The number of nitrogens with one attached hydrogen (secondary N) is 1. The molecule has 1 saturated heterocycles. The van der Waals surface area contributed by atoms with Crippen molar-refractivity contribution in [2.75, 3.05) is 13.1 Å². The Hall–Kier alpha value is -2.73. The Bertz CT molecular complexity index is 881. The Labute approximate surface area is 177 Å². The van der Waals surface area contributed by atoms with Crippen LogP contribution >= 0.6 is 0 Å². The van der Waals surface area contributed by atoms with Gasteiger partial charge in [0.25, 0.3) is 0 Å². The zero-order valence-electron chi connectivity index (χ0n) is 17.6. The molecule has 1 aliphatic rings. The fourth-order valence-corrected chi connectivity index (χ4v) is 3.89. The second-order valence-electron chi connectivity index (χ2n) is 8.10. The summed E-state index contributed by atoms with van der Waals surface area (Å²) in [6.45, 7) is 5.17. The van der Waals surface area contributed by atoms with Crippen molar-refractivity contribution >= 4 is 11.9 Å². The number of hydrogen-bond acceptors (Lipinski definition) is 4. The summed E-state index contributed by atoms with van der Waals surface area (Å²) in [7, 11) is 0. The number of benzene rings is 2. The second kappa shape index (κ2) is 9.85. The molecule has 160 valence electrons. The maximum atomic E-state index is 13.7. The summed E-state index contributed by atoms with van der Waals surface area (Å²) in [6, 6.07) is 13.7. The number of carbonyl (C=O) groups excluding carboxylic acids is 2. The van der Waals surface area contributed by atoms with Crippen molar-refractivity contribution in [3.8, 4) is 0 Å². The lowest BCUT2D eigenvalue weighted by Crippen LogP contribution is -2.53. The monoisotopic (exact) mass is 412 g/mol. The number of piperidine rings is 1. The van der Waals surface area contributed by atoms with Crippen molar-refractivity contribution in [1.82, 2.24) is 10.4 Å². The van der Waals surface area contributed by atoms with Crippen LogP contribution in [0.3, 0.4) is 0 Å². The molecule has 5 nitrogen and oxygen atoms in total. The number of esters is 1. The van der Waals surface area contributed by atoms with E-state index in [0.717, 1.165) is 37.9 Å². The van der Waals surface area contributed by atoms with Gasteiger partial charge in [-0.3, -0.25) is 15.0 Å². The fourth-order valence-electron chi connectivity index (χ4n) is 3.89. The van der Waals surface area contributed by atoms with Gasteiger partial charge in [0.2, 0.25) is 5.91 Å². The second-order valence-corrected chi connectivity index (χ2v) is 8.10. The molecule has 1 atom stereocenters. The Balaban J connectivity index is 1.79. The number of carbonyl (C=O) groups is 2. The van der Waals surface area contributed by atoms with Gasteiger partial charge in [-0.1, -0.05) is 42.8 Å². The summed E-state index contributed by atoms with van der Waals surface area (Å²) in [4.78, 5) is 26.0. The number of amides is 1. The number of rotatable bonds is 7. The van der Waals surface area contributed by atoms with E-state index < -0.39 is 11.4 Å². The third kappa shape index (κ3) is 5.45. The molecular weight excluding hydrogens is 383 g/mol. The molecule has 2 aromatic rings. The molecule has 0 aromatic heterocycles. The first kappa shape index (κ1) is 22.0. The van der Waals surface area contributed by atoms with Crippen molar-refractivity contribution in [1.29, 1.82) is 0 Å². The van der Waals surface area contributed by atoms with Crippen LogP contribution in [0.25, 0.3) is 0 Å². The molecule has 1 unspecified atom stereocenters. The molecule has 6 heteroatoms. The number of ether oxygens (including phenoxy) is 1. The van der Waals surface area contributed by atoms with Gasteiger partial charge in [-0.25, -0.2) is 9.40 Å². The van der Waals surface area contributed by atoms with Crippen LogP contribution in [0.2, 0.25) is 0 Å². The summed E-state index contributed by atoms with van der Waals surface area (Å²) >= 11 is 0. The van der Waals surface area contributed by atoms with Gasteiger partial charge < -0.3 is 4.74 Å². The van der Waals surface area contributed by atoms with Gasteiger partial charge in [-0.15, -0.1) is 0 Å². The molecule has 1 fully saturated rings. The van der Waals surface area contributed by atoms with Crippen molar-refractivity contribution in [3.63, 3.8) is 0 Å². The average molecular weight is 413 g/mol. The van der Waals surface area contributed by atoms with Crippen LogP contribution in [-0.2, 0) is 26.3 Å². The fraction of sp³-hybridized carbons (Fsp3) is 0.417.